The Hall–Kier alpha value is -1.80. The van der Waals surface area contributed by atoms with Gasteiger partial charge in [-0.25, -0.2) is 0 Å². The summed E-state index contributed by atoms with van der Waals surface area (Å²) in [7, 11) is 0. The summed E-state index contributed by atoms with van der Waals surface area (Å²) in [6.45, 7) is 4.08. The van der Waals surface area contributed by atoms with Crippen molar-refractivity contribution in [1.29, 1.82) is 0 Å². The molecular formula is C17H21NO. The van der Waals surface area contributed by atoms with Crippen LogP contribution in [0.15, 0.2) is 48.5 Å². The highest BCUT2D eigenvalue weighted by molar-refractivity contribution is 5.27. The fourth-order valence-corrected chi connectivity index (χ4v) is 2.18. The average Bonchev–Trinajstić information content (AvgIpc) is 2.40. The summed E-state index contributed by atoms with van der Waals surface area (Å²) < 4.78 is 0. The zero-order chi connectivity index (χ0) is 13.5. The minimum absolute atomic E-state index is 0.345. The minimum Gasteiger partial charge on any atom is -0.508 e. The van der Waals surface area contributed by atoms with Crippen LogP contribution in [0.1, 0.15) is 16.7 Å². The first-order valence-electron chi connectivity index (χ1n) is 6.79. The highest BCUT2D eigenvalue weighted by atomic mass is 16.3. The van der Waals surface area contributed by atoms with Gasteiger partial charge in [0.25, 0.3) is 0 Å². The molecule has 0 fully saturated rings. The van der Waals surface area contributed by atoms with Crippen molar-refractivity contribution in [3.8, 4) is 5.75 Å². The smallest absolute Gasteiger partial charge is 0.115 e. The molecule has 0 unspecified atom stereocenters. The molecule has 0 saturated heterocycles. The number of phenolic OH excluding ortho intramolecular Hbond substituents is 1. The van der Waals surface area contributed by atoms with E-state index in [1.165, 1.54) is 16.7 Å². The second-order valence-electron chi connectivity index (χ2n) is 4.85. The number of rotatable bonds is 6. The van der Waals surface area contributed by atoms with E-state index in [-0.39, 0.29) is 0 Å². The molecule has 0 aliphatic carbocycles. The van der Waals surface area contributed by atoms with Gasteiger partial charge in [0.2, 0.25) is 0 Å². The van der Waals surface area contributed by atoms with Gasteiger partial charge in [-0.3, -0.25) is 0 Å². The van der Waals surface area contributed by atoms with Crippen LogP contribution in [0.5, 0.6) is 5.75 Å². The number of benzene rings is 2. The Morgan fingerprint density at radius 2 is 1.74 bits per heavy atom. The van der Waals surface area contributed by atoms with Crippen LogP contribution in [-0.4, -0.2) is 18.2 Å². The first-order valence-corrected chi connectivity index (χ1v) is 6.79. The van der Waals surface area contributed by atoms with Gasteiger partial charge in [-0.2, -0.15) is 0 Å². The lowest BCUT2D eigenvalue weighted by Gasteiger charge is -2.07. The van der Waals surface area contributed by atoms with Gasteiger partial charge in [0.1, 0.15) is 5.75 Å². The average molecular weight is 255 g/mol. The lowest BCUT2D eigenvalue weighted by atomic mass is 10.1. The number of hydrogen-bond donors (Lipinski definition) is 2. The van der Waals surface area contributed by atoms with E-state index >= 15 is 0 Å². The number of aryl methyl sites for hydroxylation is 1. The van der Waals surface area contributed by atoms with Crippen LogP contribution < -0.4 is 5.32 Å². The molecule has 0 atom stereocenters. The largest absolute Gasteiger partial charge is 0.508 e. The van der Waals surface area contributed by atoms with E-state index in [9.17, 15) is 5.11 Å². The van der Waals surface area contributed by atoms with Crippen molar-refractivity contribution in [3.63, 3.8) is 0 Å². The lowest BCUT2D eigenvalue weighted by molar-refractivity contribution is 0.474. The molecule has 0 radical (unpaired) electrons. The maximum atomic E-state index is 9.37. The number of phenols is 1. The summed E-state index contributed by atoms with van der Waals surface area (Å²) in [6.07, 6.45) is 2.01. The van der Waals surface area contributed by atoms with Crippen LogP contribution in [-0.2, 0) is 12.8 Å². The normalized spacial score (nSPS) is 10.6. The molecule has 0 aromatic heterocycles. The van der Waals surface area contributed by atoms with Gasteiger partial charge in [0.05, 0.1) is 0 Å². The molecule has 0 spiro atoms. The number of aromatic hydroxyl groups is 1. The second kappa shape index (κ2) is 6.95. The summed E-state index contributed by atoms with van der Waals surface area (Å²) in [5.74, 6) is 0.345. The number of nitrogens with one attached hydrogen (secondary N) is 1. The Kier molecular flexibility index (Phi) is 4.99. The molecule has 2 aromatic rings. The molecule has 2 rings (SSSR count). The molecule has 2 nitrogen and oxygen atoms in total. The summed E-state index contributed by atoms with van der Waals surface area (Å²) >= 11 is 0. The Morgan fingerprint density at radius 3 is 2.53 bits per heavy atom. The molecule has 100 valence electrons. The van der Waals surface area contributed by atoms with E-state index in [0.717, 1.165) is 25.9 Å². The van der Waals surface area contributed by atoms with Crippen molar-refractivity contribution < 1.29 is 5.11 Å². The molecule has 2 heteroatoms. The molecule has 2 aromatic carbocycles. The maximum absolute atomic E-state index is 9.37. The molecule has 0 aliphatic rings. The molecule has 0 saturated carbocycles. The second-order valence-corrected chi connectivity index (χ2v) is 4.85. The molecule has 0 amide bonds. The van der Waals surface area contributed by atoms with E-state index in [1.54, 1.807) is 6.07 Å². The van der Waals surface area contributed by atoms with Gasteiger partial charge < -0.3 is 10.4 Å². The minimum atomic E-state index is 0.345. The zero-order valence-corrected chi connectivity index (χ0v) is 11.4. The van der Waals surface area contributed by atoms with E-state index in [4.69, 9.17) is 0 Å². The third-order valence-corrected chi connectivity index (χ3v) is 3.33. The van der Waals surface area contributed by atoms with Gasteiger partial charge in [-0.05, 0) is 61.7 Å². The first-order chi connectivity index (χ1) is 9.25. The van der Waals surface area contributed by atoms with Gasteiger partial charge in [-0.15, -0.1) is 0 Å². The van der Waals surface area contributed by atoms with Crippen LogP contribution in [0.2, 0.25) is 0 Å². The standard InChI is InChI=1S/C17H21NO/c1-14-5-2-3-7-16(14)10-12-18-11-9-15-6-4-8-17(19)13-15/h2-8,13,18-19H,9-12H2,1H3. The fraction of sp³-hybridized carbons (Fsp3) is 0.294. The van der Waals surface area contributed by atoms with Gasteiger partial charge >= 0.3 is 0 Å². The molecule has 0 aliphatic heterocycles. The van der Waals surface area contributed by atoms with Crippen molar-refractivity contribution in [2.45, 2.75) is 19.8 Å². The third kappa shape index (κ3) is 4.42. The lowest BCUT2D eigenvalue weighted by Crippen LogP contribution is -2.20. The van der Waals surface area contributed by atoms with E-state index in [0.29, 0.717) is 5.75 Å². The monoisotopic (exact) mass is 255 g/mol. The third-order valence-electron chi connectivity index (χ3n) is 3.33. The fourth-order valence-electron chi connectivity index (χ4n) is 2.18. The van der Waals surface area contributed by atoms with Crippen LogP contribution in [0.4, 0.5) is 0 Å². The van der Waals surface area contributed by atoms with Gasteiger partial charge in [-0.1, -0.05) is 36.4 Å². The van der Waals surface area contributed by atoms with Crippen molar-refractivity contribution in [2.75, 3.05) is 13.1 Å². The summed E-state index contributed by atoms with van der Waals surface area (Å²) in [5.41, 5.74) is 3.94. The Labute approximate surface area is 115 Å². The molecular weight excluding hydrogens is 234 g/mol. The molecule has 19 heavy (non-hydrogen) atoms. The Balaban J connectivity index is 1.69. The van der Waals surface area contributed by atoms with Crippen LogP contribution in [0.25, 0.3) is 0 Å². The molecule has 2 N–H and O–H groups in total. The van der Waals surface area contributed by atoms with Crippen molar-refractivity contribution >= 4 is 0 Å². The van der Waals surface area contributed by atoms with E-state index in [2.05, 4.69) is 36.5 Å². The summed E-state index contributed by atoms with van der Waals surface area (Å²) in [4.78, 5) is 0. The predicted octanol–water partition coefficient (Wildman–Crippen LogP) is 3.08. The van der Waals surface area contributed by atoms with Crippen molar-refractivity contribution in [1.82, 2.24) is 5.32 Å². The summed E-state index contributed by atoms with van der Waals surface area (Å²) in [6, 6.07) is 16.0. The zero-order valence-electron chi connectivity index (χ0n) is 11.4. The van der Waals surface area contributed by atoms with Gasteiger partial charge in [0.15, 0.2) is 0 Å². The molecule has 0 heterocycles. The topological polar surface area (TPSA) is 32.3 Å². The highest BCUT2D eigenvalue weighted by Crippen LogP contribution is 2.11. The molecule has 0 bridgehead atoms. The Morgan fingerprint density at radius 1 is 0.947 bits per heavy atom. The highest BCUT2D eigenvalue weighted by Gasteiger charge is 1.97. The maximum Gasteiger partial charge on any atom is 0.115 e. The van der Waals surface area contributed by atoms with Crippen LogP contribution in [0, 0.1) is 6.92 Å². The predicted molar refractivity (Wildman–Crippen MR) is 79.6 cm³/mol. The van der Waals surface area contributed by atoms with Crippen molar-refractivity contribution in [2.24, 2.45) is 0 Å². The van der Waals surface area contributed by atoms with Crippen molar-refractivity contribution in [3.05, 3.63) is 65.2 Å². The first kappa shape index (κ1) is 13.6. The van der Waals surface area contributed by atoms with E-state index in [1.807, 2.05) is 18.2 Å². The van der Waals surface area contributed by atoms with Crippen LogP contribution in [0.3, 0.4) is 0 Å². The Bertz CT molecular complexity index is 522. The SMILES string of the molecule is Cc1ccccc1CCNCCc1cccc(O)c1. The van der Waals surface area contributed by atoms with Crippen LogP contribution >= 0.6 is 0 Å². The summed E-state index contributed by atoms with van der Waals surface area (Å²) in [5, 5.41) is 12.8. The number of hydrogen-bond acceptors (Lipinski definition) is 2. The van der Waals surface area contributed by atoms with E-state index < -0.39 is 0 Å². The quantitative estimate of drug-likeness (QED) is 0.777. The van der Waals surface area contributed by atoms with Gasteiger partial charge in [0, 0.05) is 0 Å².